The monoisotopic (exact) mass is 1080 g/mol. The number of anilines is 2. The molecule has 22 heteroatoms. The summed E-state index contributed by atoms with van der Waals surface area (Å²) >= 11 is 0. The van der Waals surface area contributed by atoms with Gasteiger partial charge in [0.05, 0.1) is 61.3 Å². The van der Waals surface area contributed by atoms with Gasteiger partial charge in [-0.05, 0) is 67.5 Å². The van der Waals surface area contributed by atoms with Crippen LogP contribution < -0.4 is 37.7 Å². The van der Waals surface area contributed by atoms with E-state index in [1.807, 2.05) is 107 Å². The van der Waals surface area contributed by atoms with Gasteiger partial charge in [0.25, 0.3) is 11.1 Å². The minimum atomic E-state index is -0.356. The third-order valence-corrected chi connectivity index (χ3v) is 14.1. The fraction of sp³-hybridized carbons (Fsp3) is 0.263. The number of fused-ring (bicyclic) bond motifs is 2. The number of aromatic amines is 2. The minimum Gasteiger partial charge on any atom is -0.365 e. The first-order chi connectivity index (χ1) is 38.3. The van der Waals surface area contributed by atoms with Crippen LogP contribution in [0.3, 0.4) is 0 Å². The molecule has 12 rings (SSSR count). The van der Waals surface area contributed by atoms with E-state index >= 15 is 0 Å². The molecule has 2 aromatic carbocycles. The van der Waals surface area contributed by atoms with Gasteiger partial charge in [0.15, 0.2) is 11.6 Å². The number of rotatable bonds is 20. The normalized spacial score (nSPS) is 13.2. The van der Waals surface area contributed by atoms with E-state index in [0.717, 1.165) is 94.2 Å². The number of carbonyl (C=O) groups excluding carboxylic acids is 2. The molecule has 79 heavy (non-hydrogen) atoms. The summed E-state index contributed by atoms with van der Waals surface area (Å²) in [5, 5.41) is 26.3. The Bertz CT molecular complexity index is 3490. The van der Waals surface area contributed by atoms with E-state index in [4.69, 9.17) is 0 Å². The third-order valence-electron chi connectivity index (χ3n) is 14.1. The molecule has 1 saturated heterocycles. The molecule has 0 atom stereocenters. The van der Waals surface area contributed by atoms with E-state index < -0.39 is 0 Å². The lowest BCUT2D eigenvalue weighted by atomic mass is 9.93. The van der Waals surface area contributed by atoms with Crippen molar-refractivity contribution in [3.63, 3.8) is 0 Å². The van der Waals surface area contributed by atoms with Crippen LogP contribution in [0.15, 0.2) is 156 Å². The molecule has 0 bridgehead atoms. The number of hydrogen-bond donors (Lipinski definition) is 7. The second-order valence-electron chi connectivity index (χ2n) is 19.5. The van der Waals surface area contributed by atoms with Crippen molar-refractivity contribution < 1.29 is 9.59 Å². The van der Waals surface area contributed by atoms with Crippen LogP contribution in [0.5, 0.6) is 0 Å². The van der Waals surface area contributed by atoms with E-state index in [2.05, 4.69) is 66.7 Å². The van der Waals surface area contributed by atoms with Crippen molar-refractivity contribution in [2.75, 3.05) is 36.8 Å². The summed E-state index contributed by atoms with van der Waals surface area (Å²) in [6.45, 7) is 3.11. The molecule has 9 heterocycles. The van der Waals surface area contributed by atoms with Gasteiger partial charge >= 0.3 is 0 Å². The average Bonchev–Trinajstić information content (AvgIpc) is 4.35. The summed E-state index contributed by atoms with van der Waals surface area (Å²) in [4.78, 5) is 76.9. The Morgan fingerprint density at radius 1 is 0.582 bits per heavy atom. The molecule has 0 radical (unpaired) electrons. The van der Waals surface area contributed by atoms with Crippen LogP contribution in [0.2, 0.25) is 0 Å². The van der Waals surface area contributed by atoms with Crippen LogP contribution in [0.25, 0.3) is 44.3 Å². The highest BCUT2D eigenvalue weighted by Crippen LogP contribution is 2.32. The lowest BCUT2D eigenvalue weighted by Crippen LogP contribution is -2.43. The Hall–Kier alpha value is -9.21. The predicted molar refractivity (Wildman–Crippen MR) is 305 cm³/mol. The molecular formula is C57H60ClN17O4. The second-order valence-corrected chi connectivity index (χ2v) is 19.5. The van der Waals surface area contributed by atoms with E-state index in [1.165, 1.54) is 15.6 Å². The molecule has 1 aliphatic carbocycles. The maximum absolute atomic E-state index is 13.6. The Morgan fingerprint density at radius 2 is 1.05 bits per heavy atom. The van der Waals surface area contributed by atoms with Gasteiger partial charge in [0.1, 0.15) is 13.1 Å². The van der Waals surface area contributed by atoms with Gasteiger partial charge in [-0.3, -0.25) is 47.6 Å². The van der Waals surface area contributed by atoms with Crippen molar-refractivity contribution in [2.45, 2.75) is 70.4 Å². The summed E-state index contributed by atoms with van der Waals surface area (Å²) < 4.78 is 6.77. The Labute approximate surface area is 459 Å². The molecule has 0 spiro atoms. The van der Waals surface area contributed by atoms with Crippen molar-refractivity contribution >= 4 is 57.7 Å². The maximum Gasteiger partial charge on any atom is 0.294 e. The van der Waals surface area contributed by atoms with Crippen molar-refractivity contribution in [2.24, 2.45) is 0 Å². The maximum atomic E-state index is 13.6. The quantitative estimate of drug-likeness (QED) is 0.0449. The lowest BCUT2D eigenvalue weighted by Gasteiger charge is -2.27. The Morgan fingerprint density at radius 3 is 1.47 bits per heavy atom. The highest BCUT2D eigenvalue weighted by atomic mass is 35.5. The van der Waals surface area contributed by atoms with E-state index in [0.29, 0.717) is 43.6 Å². The Balaban J connectivity index is 0.000000176. The van der Waals surface area contributed by atoms with E-state index in [-0.39, 0.29) is 66.1 Å². The van der Waals surface area contributed by atoms with Gasteiger partial charge in [0, 0.05) is 108 Å². The highest BCUT2D eigenvalue weighted by molar-refractivity contribution is 5.85. The molecule has 8 aromatic heterocycles. The number of amides is 2. The van der Waals surface area contributed by atoms with Crippen molar-refractivity contribution in [3.05, 3.63) is 190 Å². The topological polar surface area (TPSA) is 257 Å². The molecule has 2 aliphatic rings. The van der Waals surface area contributed by atoms with Crippen molar-refractivity contribution in [1.82, 2.24) is 74.5 Å². The Kier molecular flexibility index (Phi) is 16.7. The fourth-order valence-corrected chi connectivity index (χ4v) is 9.43. The van der Waals surface area contributed by atoms with Crippen LogP contribution in [-0.4, -0.2) is 96.6 Å². The number of pyridine rings is 2. The first-order valence-corrected chi connectivity index (χ1v) is 26.2. The van der Waals surface area contributed by atoms with Crippen LogP contribution in [0.4, 0.5) is 11.6 Å². The zero-order chi connectivity index (χ0) is 53.2. The number of H-pyrrole nitrogens is 2. The van der Waals surface area contributed by atoms with Gasteiger partial charge in [-0.2, -0.15) is 10.2 Å². The van der Waals surface area contributed by atoms with Crippen LogP contribution >= 0.6 is 12.4 Å². The first-order valence-electron chi connectivity index (χ1n) is 26.2. The number of nitrogens with one attached hydrogen (secondary N) is 7. The summed E-state index contributed by atoms with van der Waals surface area (Å²) in [7, 11) is 0. The summed E-state index contributed by atoms with van der Waals surface area (Å²) in [5.41, 5.74) is 7.84. The smallest absolute Gasteiger partial charge is 0.294 e. The molecule has 1 saturated carbocycles. The third kappa shape index (κ3) is 12.8. The van der Waals surface area contributed by atoms with Gasteiger partial charge < -0.3 is 36.6 Å². The number of benzene rings is 2. The molecule has 10 aromatic rings. The second kappa shape index (κ2) is 24.8. The van der Waals surface area contributed by atoms with Gasteiger partial charge in [-0.15, -0.1) is 12.4 Å². The zero-order valence-corrected chi connectivity index (χ0v) is 44.0. The zero-order valence-electron chi connectivity index (χ0n) is 43.2. The largest absolute Gasteiger partial charge is 0.365 e. The van der Waals surface area contributed by atoms with Gasteiger partial charge in [-0.25, -0.2) is 9.97 Å². The van der Waals surface area contributed by atoms with Gasteiger partial charge in [-0.1, -0.05) is 60.7 Å². The van der Waals surface area contributed by atoms with Crippen molar-refractivity contribution in [3.8, 4) is 22.5 Å². The molecule has 404 valence electrons. The average molecular weight is 1080 g/mol. The number of nitrogens with zero attached hydrogens (tertiary/aromatic N) is 10. The molecule has 0 unspecified atom stereocenters. The summed E-state index contributed by atoms with van der Waals surface area (Å²) in [6.07, 6.45) is 22.4. The molecule has 2 fully saturated rings. The molecule has 21 nitrogen and oxygen atoms in total. The first kappa shape index (κ1) is 53.2. The van der Waals surface area contributed by atoms with Gasteiger partial charge in [0.2, 0.25) is 11.8 Å². The summed E-state index contributed by atoms with van der Waals surface area (Å²) in [5.74, 6) is -0.131. The predicted octanol–water partition coefficient (Wildman–Crippen LogP) is 6.20. The molecular weight excluding hydrogens is 1020 g/mol. The number of aromatic nitrogens is 12. The van der Waals surface area contributed by atoms with Crippen LogP contribution in [0, 0.1) is 0 Å². The molecule has 7 N–H and O–H groups in total. The van der Waals surface area contributed by atoms with Crippen LogP contribution in [-0.2, 0) is 48.6 Å². The van der Waals surface area contributed by atoms with Crippen molar-refractivity contribution in [1.29, 1.82) is 0 Å². The standard InChI is InChI=1S/C29H30N8O2.C28H29N9O2.ClH/c38-27(32-16-23-13-21-14-30-11-10-25(21)35-23)19-36-26(22-15-34-37(18-22)24-7-4-8-24)17-33-28(29(36)39)31-12-9-20-5-2-1-3-6-20;38-26(32-13-22-10-20-11-29-8-7-24(20)35-22)18-36-25(21-12-34-37(17-21)23-14-30-15-23)16-33-27(28(36)39)31-9-6-19-4-2-1-3-5-19;/h1-3,5-6,10-11,13-15,17-18,24,35H,4,7-9,12,16,19H2,(H,31,33)(H,32,38);1-5,7-8,10-12,16-17,23,30,35H,6,9,13-15,18H2,(H,31,33)(H,32,38);1H. The molecule has 1 aliphatic heterocycles. The lowest BCUT2D eigenvalue weighted by molar-refractivity contribution is -0.122. The summed E-state index contributed by atoms with van der Waals surface area (Å²) in [6, 6.07) is 28.4. The fourth-order valence-electron chi connectivity index (χ4n) is 9.43. The number of carbonyl (C=O) groups is 2. The van der Waals surface area contributed by atoms with E-state index in [9.17, 15) is 19.2 Å². The number of halogens is 1. The number of hydrogen-bond acceptors (Lipinski definition) is 13. The highest BCUT2D eigenvalue weighted by Gasteiger charge is 2.24. The van der Waals surface area contributed by atoms with E-state index in [1.54, 1.807) is 49.6 Å². The van der Waals surface area contributed by atoms with Crippen LogP contribution in [0.1, 0.15) is 53.9 Å². The molecule has 2 amide bonds. The minimum absolute atomic E-state index is 0. The SMILES string of the molecule is Cl.O=C(Cn1c(-c2cnn(C3CCC3)c2)cnc(NCCc2ccccc2)c1=O)NCc1cc2cnccc2[nH]1.O=C(Cn1c(-c2cnn(C3CNC3)c2)cnc(NCCc2ccccc2)c1=O)NCc1cc2cnccc2[nH]1.